The molecule has 1 aliphatic carbocycles. The van der Waals surface area contributed by atoms with Crippen LogP contribution in [0.15, 0.2) is 0 Å². The fourth-order valence-electron chi connectivity index (χ4n) is 3.96. The molecule has 3 unspecified atom stereocenters. The average molecular weight is 323 g/mol. The van der Waals surface area contributed by atoms with Crippen LogP contribution in [0, 0.1) is 23.2 Å². The fraction of sp³-hybridized carbons (Fsp3) is 1.00. The van der Waals surface area contributed by atoms with Gasteiger partial charge < -0.3 is 0 Å². The fourth-order valence-corrected chi connectivity index (χ4v) is 3.96. The predicted molar refractivity (Wildman–Crippen MR) is 106 cm³/mol. The van der Waals surface area contributed by atoms with Crippen LogP contribution in [0.25, 0.3) is 0 Å². The Kier molecular flexibility index (Phi) is 10.6. The lowest BCUT2D eigenvalue weighted by Crippen LogP contribution is -2.08. The van der Waals surface area contributed by atoms with Crippen LogP contribution in [0.1, 0.15) is 125 Å². The van der Waals surface area contributed by atoms with E-state index < -0.39 is 0 Å². The van der Waals surface area contributed by atoms with Gasteiger partial charge in [0.25, 0.3) is 0 Å². The van der Waals surface area contributed by atoms with Gasteiger partial charge in [0.1, 0.15) is 0 Å². The SMILES string of the molecule is CCCCCCC(CCCCCCC(C)(C)CC)CC1CC1C. The lowest BCUT2D eigenvalue weighted by Gasteiger charge is -2.22. The zero-order valence-electron chi connectivity index (χ0n) is 17.1. The maximum Gasteiger partial charge on any atom is -0.0357 e. The molecule has 0 aromatic carbocycles. The third-order valence-corrected chi connectivity index (χ3v) is 6.55. The van der Waals surface area contributed by atoms with Crippen molar-refractivity contribution in [3.8, 4) is 0 Å². The quantitative estimate of drug-likeness (QED) is 0.265. The van der Waals surface area contributed by atoms with Crippen LogP contribution in [0.2, 0.25) is 0 Å². The maximum absolute atomic E-state index is 2.45. The first-order chi connectivity index (χ1) is 11.0. The Hall–Kier alpha value is 0. The topological polar surface area (TPSA) is 0 Å². The van der Waals surface area contributed by atoms with Crippen molar-refractivity contribution in [2.75, 3.05) is 0 Å². The van der Waals surface area contributed by atoms with E-state index >= 15 is 0 Å². The van der Waals surface area contributed by atoms with E-state index in [4.69, 9.17) is 0 Å². The number of hydrogen-bond donors (Lipinski definition) is 0. The molecule has 1 fully saturated rings. The summed E-state index contributed by atoms with van der Waals surface area (Å²) in [6.07, 6.45) is 20.5. The van der Waals surface area contributed by atoms with Crippen LogP contribution in [0.3, 0.4) is 0 Å². The molecule has 0 heteroatoms. The van der Waals surface area contributed by atoms with E-state index in [0.717, 1.165) is 17.8 Å². The van der Waals surface area contributed by atoms with Crippen molar-refractivity contribution in [1.29, 1.82) is 0 Å². The molecule has 0 aliphatic heterocycles. The van der Waals surface area contributed by atoms with E-state index in [1.165, 1.54) is 83.5 Å². The summed E-state index contributed by atoms with van der Waals surface area (Å²) < 4.78 is 0. The highest BCUT2D eigenvalue weighted by atomic mass is 14.4. The zero-order valence-corrected chi connectivity index (χ0v) is 17.1. The standard InChI is InChI=1S/C23H46/c1-6-8-9-12-15-21(19-22-18-20(22)3)16-13-10-11-14-17-23(4,5)7-2/h20-22H,6-19H2,1-5H3. The second-order valence-electron chi connectivity index (χ2n) is 9.39. The first-order valence-corrected chi connectivity index (χ1v) is 11.0. The Balaban J connectivity index is 2.09. The molecule has 138 valence electrons. The molecule has 0 saturated heterocycles. The molecule has 1 aliphatic rings. The zero-order chi connectivity index (χ0) is 17.1. The van der Waals surface area contributed by atoms with Crippen LogP contribution in [-0.4, -0.2) is 0 Å². The molecule has 23 heavy (non-hydrogen) atoms. The molecule has 0 N–H and O–H groups in total. The van der Waals surface area contributed by atoms with Gasteiger partial charge >= 0.3 is 0 Å². The van der Waals surface area contributed by atoms with Crippen molar-refractivity contribution in [1.82, 2.24) is 0 Å². The van der Waals surface area contributed by atoms with Crippen LogP contribution < -0.4 is 0 Å². The molecule has 0 nitrogen and oxygen atoms in total. The lowest BCUT2D eigenvalue weighted by atomic mass is 9.84. The van der Waals surface area contributed by atoms with Crippen molar-refractivity contribution in [3.05, 3.63) is 0 Å². The molecule has 0 spiro atoms. The largest absolute Gasteiger partial charge is 0.0654 e. The Morgan fingerprint density at radius 3 is 1.96 bits per heavy atom. The van der Waals surface area contributed by atoms with Crippen LogP contribution in [0.5, 0.6) is 0 Å². The van der Waals surface area contributed by atoms with E-state index in [2.05, 4.69) is 34.6 Å². The maximum atomic E-state index is 2.45. The molecule has 1 rings (SSSR count). The summed E-state index contributed by atoms with van der Waals surface area (Å²) in [5.74, 6) is 3.19. The second kappa shape index (κ2) is 11.5. The summed E-state index contributed by atoms with van der Waals surface area (Å²) in [4.78, 5) is 0. The minimum atomic E-state index is 0.573. The molecule has 1 saturated carbocycles. The van der Waals surface area contributed by atoms with E-state index in [0.29, 0.717) is 5.41 Å². The summed E-state index contributed by atoms with van der Waals surface area (Å²) in [6.45, 7) is 12.0. The molecule has 0 bridgehead atoms. The Bertz CT molecular complexity index is 278. The predicted octanol–water partition coefficient (Wildman–Crippen LogP) is 8.40. The highest BCUT2D eigenvalue weighted by Crippen LogP contribution is 2.44. The van der Waals surface area contributed by atoms with Gasteiger partial charge in [-0.15, -0.1) is 0 Å². The summed E-state index contributed by atoms with van der Waals surface area (Å²) in [5, 5.41) is 0. The molecular weight excluding hydrogens is 276 g/mol. The van der Waals surface area contributed by atoms with Gasteiger partial charge in [0.15, 0.2) is 0 Å². The third kappa shape index (κ3) is 10.5. The molecule has 3 atom stereocenters. The summed E-state index contributed by atoms with van der Waals surface area (Å²) in [5.41, 5.74) is 0.573. The van der Waals surface area contributed by atoms with Gasteiger partial charge in [-0.1, -0.05) is 105 Å². The van der Waals surface area contributed by atoms with E-state index in [1.54, 1.807) is 6.42 Å². The summed E-state index contributed by atoms with van der Waals surface area (Å²) in [6, 6.07) is 0. The van der Waals surface area contributed by atoms with Gasteiger partial charge in [-0.05, 0) is 42.4 Å². The Labute approximate surface area is 148 Å². The van der Waals surface area contributed by atoms with Crippen molar-refractivity contribution in [2.45, 2.75) is 125 Å². The highest BCUT2D eigenvalue weighted by Gasteiger charge is 2.33. The van der Waals surface area contributed by atoms with Crippen molar-refractivity contribution in [3.63, 3.8) is 0 Å². The summed E-state index contributed by atoms with van der Waals surface area (Å²) >= 11 is 0. The van der Waals surface area contributed by atoms with Gasteiger partial charge in [-0.3, -0.25) is 0 Å². The number of rotatable bonds is 15. The molecule has 0 amide bonds. The Morgan fingerprint density at radius 2 is 1.43 bits per heavy atom. The smallest absolute Gasteiger partial charge is 0.0357 e. The summed E-state index contributed by atoms with van der Waals surface area (Å²) in [7, 11) is 0. The van der Waals surface area contributed by atoms with Gasteiger partial charge in [0.2, 0.25) is 0 Å². The van der Waals surface area contributed by atoms with Crippen molar-refractivity contribution >= 4 is 0 Å². The molecule has 0 heterocycles. The molecular formula is C23H46. The van der Waals surface area contributed by atoms with Crippen molar-refractivity contribution in [2.24, 2.45) is 23.2 Å². The molecule has 0 aromatic rings. The van der Waals surface area contributed by atoms with Crippen LogP contribution >= 0.6 is 0 Å². The molecule has 0 aromatic heterocycles. The van der Waals surface area contributed by atoms with Gasteiger partial charge in [0.05, 0.1) is 0 Å². The number of unbranched alkanes of at least 4 members (excludes halogenated alkanes) is 6. The molecule has 0 radical (unpaired) electrons. The normalized spacial score (nSPS) is 22.3. The van der Waals surface area contributed by atoms with E-state index in [1.807, 2.05) is 0 Å². The second-order valence-corrected chi connectivity index (χ2v) is 9.39. The van der Waals surface area contributed by atoms with Gasteiger partial charge in [0, 0.05) is 0 Å². The minimum absolute atomic E-state index is 0.573. The van der Waals surface area contributed by atoms with Crippen LogP contribution in [-0.2, 0) is 0 Å². The van der Waals surface area contributed by atoms with Crippen molar-refractivity contribution < 1.29 is 0 Å². The number of hydrogen-bond acceptors (Lipinski definition) is 0. The highest BCUT2D eigenvalue weighted by molar-refractivity contribution is 4.84. The van der Waals surface area contributed by atoms with Gasteiger partial charge in [-0.2, -0.15) is 0 Å². The lowest BCUT2D eigenvalue weighted by molar-refractivity contribution is 0.304. The average Bonchev–Trinajstić information content (AvgIpc) is 3.21. The Morgan fingerprint density at radius 1 is 0.870 bits per heavy atom. The van der Waals surface area contributed by atoms with E-state index in [9.17, 15) is 0 Å². The van der Waals surface area contributed by atoms with E-state index in [-0.39, 0.29) is 0 Å². The third-order valence-electron chi connectivity index (χ3n) is 6.55. The first-order valence-electron chi connectivity index (χ1n) is 11.0. The minimum Gasteiger partial charge on any atom is -0.0654 e. The first kappa shape index (κ1) is 21.0. The monoisotopic (exact) mass is 322 g/mol. The van der Waals surface area contributed by atoms with Gasteiger partial charge in [-0.25, -0.2) is 0 Å². The van der Waals surface area contributed by atoms with Crippen LogP contribution in [0.4, 0.5) is 0 Å².